The molecular weight excluding hydrogens is 282 g/mol. The van der Waals surface area contributed by atoms with Gasteiger partial charge in [-0.1, -0.05) is 6.07 Å². The molecule has 1 aromatic carbocycles. The molecule has 0 fully saturated rings. The lowest BCUT2D eigenvalue weighted by atomic mass is 10.1. The molecular formula is C17H17NO4. The van der Waals surface area contributed by atoms with Gasteiger partial charge in [0, 0.05) is 13.1 Å². The van der Waals surface area contributed by atoms with Gasteiger partial charge in [-0.3, -0.25) is 4.79 Å². The third kappa shape index (κ3) is 2.83. The Kier molecular flexibility index (Phi) is 3.87. The van der Waals surface area contributed by atoms with Crippen molar-refractivity contribution in [3.63, 3.8) is 0 Å². The molecule has 5 nitrogen and oxygen atoms in total. The van der Waals surface area contributed by atoms with Crippen molar-refractivity contribution in [2.24, 2.45) is 0 Å². The zero-order chi connectivity index (χ0) is 15.5. The van der Waals surface area contributed by atoms with Gasteiger partial charge < -0.3 is 18.8 Å². The molecule has 1 aromatic heterocycles. The summed E-state index contributed by atoms with van der Waals surface area (Å²) in [6, 6.07) is 9.11. The van der Waals surface area contributed by atoms with E-state index in [1.54, 1.807) is 24.3 Å². The summed E-state index contributed by atoms with van der Waals surface area (Å²) in [4.78, 5) is 13.9. The van der Waals surface area contributed by atoms with Gasteiger partial charge in [-0.25, -0.2) is 0 Å². The van der Waals surface area contributed by atoms with Crippen LogP contribution in [0.5, 0.6) is 11.5 Å². The van der Waals surface area contributed by atoms with Gasteiger partial charge in [-0.05, 0) is 42.8 Å². The standard InChI is InChI=1S/C17H17NO4/c1-12(14-4-3-9-20-14)18(2)17(19)8-6-13-5-7-15-16(10-13)22-11-21-15/h3-10,12H,11H2,1-2H3/b8-6+. The molecule has 0 saturated carbocycles. The van der Waals surface area contributed by atoms with Crippen LogP contribution in [0.1, 0.15) is 24.3 Å². The minimum absolute atomic E-state index is 0.0958. The molecule has 0 spiro atoms. The quantitative estimate of drug-likeness (QED) is 0.813. The smallest absolute Gasteiger partial charge is 0.246 e. The number of hydrogen-bond donors (Lipinski definition) is 0. The first-order valence-electron chi connectivity index (χ1n) is 7.03. The maximum Gasteiger partial charge on any atom is 0.246 e. The number of hydrogen-bond acceptors (Lipinski definition) is 4. The maximum absolute atomic E-state index is 12.2. The molecule has 1 unspecified atom stereocenters. The van der Waals surface area contributed by atoms with E-state index in [-0.39, 0.29) is 18.7 Å². The fourth-order valence-electron chi connectivity index (χ4n) is 2.21. The summed E-state index contributed by atoms with van der Waals surface area (Å²) in [6.07, 6.45) is 4.90. The number of rotatable bonds is 4. The van der Waals surface area contributed by atoms with Crippen molar-refractivity contribution in [1.29, 1.82) is 0 Å². The molecule has 0 bridgehead atoms. The van der Waals surface area contributed by atoms with Gasteiger partial charge in [0.25, 0.3) is 0 Å². The molecule has 2 heterocycles. The number of carbonyl (C=O) groups is 1. The lowest BCUT2D eigenvalue weighted by molar-refractivity contribution is -0.126. The van der Waals surface area contributed by atoms with E-state index in [0.717, 1.165) is 17.1 Å². The fourth-order valence-corrected chi connectivity index (χ4v) is 2.21. The van der Waals surface area contributed by atoms with Gasteiger partial charge in [0.1, 0.15) is 5.76 Å². The van der Waals surface area contributed by atoms with E-state index < -0.39 is 0 Å². The number of carbonyl (C=O) groups excluding carboxylic acids is 1. The third-order valence-corrected chi connectivity index (χ3v) is 3.70. The molecule has 2 aromatic rings. The first-order chi connectivity index (χ1) is 10.6. The van der Waals surface area contributed by atoms with Crippen molar-refractivity contribution in [3.05, 3.63) is 54.0 Å². The predicted octanol–water partition coefficient (Wildman–Crippen LogP) is 3.24. The summed E-state index contributed by atoms with van der Waals surface area (Å²) in [7, 11) is 1.75. The summed E-state index contributed by atoms with van der Waals surface area (Å²) >= 11 is 0. The van der Waals surface area contributed by atoms with E-state index in [0.29, 0.717) is 5.75 Å². The number of furan rings is 1. The van der Waals surface area contributed by atoms with Gasteiger partial charge in [-0.15, -0.1) is 0 Å². The van der Waals surface area contributed by atoms with E-state index in [4.69, 9.17) is 13.9 Å². The van der Waals surface area contributed by atoms with Gasteiger partial charge in [0.05, 0.1) is 12.3 Å². The number of amides is 1. The summed E-state index contributed by atoms with van der Waals surface area (Å²) < 4.78 is 15.9. The molecule has 0 aliphatic carbocycles. The Bertz CT molecular complexity index is 691. The summed E-state index contributed by atoms with van der Waals surface area (Å²) in [5.74, 6) is 2.09. The van der Waals surface area contributed by atoms with Crippen LogP contribution in [-0.4, -0.2) is 24.6 Å². The Hall–Kier alpha value is -2.69. The largest absolute Gasteiger partial charge is 0.467 e. The van der Waals surface area contributed by atoms with Gasteiger partial charge >= 0.3 is 0 Å². The number of likely N-dealkylation sites (N-methyl/N-ethyl adjacent to an activating group) is 1. The fraction of sp³-hybridized carbons (Fsp3) is 0.235. The molecule has 1 atom stereocenters. The molecule has 114 valence electrons. The molecule has 0 saturated heterocycles. The number of benzene rings is 1. The SMILES string of the molecule is CC(c1ccco1)N(C)C(=O)/C=C/c1ccc2c(c1)OCO2. The highest BCUT2D eigenvalue weighted by atomic mass is 16.7. The predicted molar refractivity (Wildman–Crippen MR) is 81.5 cm³/mol. The van der Waals surface area contributed by atoms with Crippen molar-refractivity contribution in [2.45, 2.75) is 13.0 Å². The second-order valence-corrected chi connectivity index (χ2v) is 5.09. The molecule has 0 radical (unpaired) electrons. The van der Waals surface area contributed by atoms with Crippen molar-refractivity contribution >= 4 is 12.0 Å². The van der Waals surface area contributed by atoms with Crippen LogP contribution in [0.2, 0.25) is 0 Å². The van der Waals surface area contributed by atoms with Crippen molar-refractivity contribution < 1.29 is 18.7 Å². The minimum Gasteiger partial charge on any atom is -0.467 e. The van der Waals surface area contributed by atoms with Crippen LogP contribution in [0.3, 0.4) is 0 Å². The highest BCUT2D eigenvalue weighted by Gasteiger charge is 2.17. The second-order valence-electron chi connectivity index (χ2n) is 5.09. The maximum atomic E-state index is 12.2. The van der Waals surface area contributed by atoms with Crippen LogP contribution in [0.15, 0.2) is 47.1 Å². The molecule has 3 rings (SSSR count). The Morgan fingerprint density at radius 2 is 2.09 bits per heavy atom. The normalized spacial score (nSPS) is 14.3. The topological polar surface area (TPSA) is 51.9 Å². The van der Waals surface area contributed by atoms with E-state index in [1.165, 1.54) is 6.08 Å². The van der Waals surface area contributed by atoms with Crippen LogP contribution in [0, 0.1) is 0 Å². The zero-order valence-electron chi connectivity index (χ0n) is 12.5. The average Bonchev–Trinajstić information content (AvgIpc) is 3.21. The lowest BCUT2D eigenvalue weighted by Gasteiger charge is -2.21. The molecule has 5 heteroatoms. The summed E-state index contributed by atoms with van der Waals surface area (Å²) in [5.41, 5.74) is 0.886. The summed E-state index contributed by atoms with van der Waals surface area (Å²) in [6.45, 7) is 2.16. The number of ether oxygens (including phenoxy) is 2. The number of fused-ring (bicyclic) bond motifs is 1. The zero-order valence-corrected chi connectivity index (χ0v) is 12.5. The van der Waals surface area contributed by atoms with E-state index >= 15 is 0 Å². The molecule has 1 amide bonds. The van der Waals surface area contributed by atoms with E-state index in [2.05, 4.69) is 0 Å². The minimum atomic E-state index is -0.121. The summed E-state index contributed by atoms with van der Waals surface area (Å²) in [5, 5.41) is 0. The van der Waals surface area contributed by atoms with Crippen LogP contribution < -0.4 is 9.47 Å². The Morgan fingerprint density at radius 1 is 1.27 bits per heavy atom. The van der Waals surface area contributed by atoms with E-state index in [9.17, 15) is 4.79 Å². The number of nitrogens with zero attached hydrogens (tertiary/aromatic N) is 1. The highest BCUT2D eigenvalue weighted by Crippen LogP contribution is 2.32. The highest BCUT2D eigenvalue weighted by molar-refractivity contribution is 5.91. The van der Waals surface area contributed by atoms with Crippen molar-refractivity contribution in [1.82, 2.24) is 4.90 Å². The Morgan fingerprint density at radius 3 is 2.86 bits per heavy atom. The van der Waals surface area contributed by atoms with Crippen molar-refractivity contribution in [2.75, 3.05) is 13.8 Å². The van der Waals surface area contributed by atoms with Gasteiger partial charge in [0.2, 0.25) is 12.7 Å². The van der Waals surface area contributed by atoms with Gasteiger partial charge in [-0.2, -0.15) is 0 Å². The third-order valence-electron chi connectivity index (χ3n) is 3.70. The molecule has 1 aliphatic rings. The van der Waals surface area contributed by atoms with Crippen LogP contribution in [-0.2, 0) is 4.79 Å². The lowest BCUT2D eigenvalue weighted by Crippen LogP contribution is -2.27. The van der Waals surface area contributed by atoms with Crippen LogP contribution >= 0.6 is 0 Å². The molecule has 0 N–H and O–H groups in total. The van der Waals surface area contributed by atoms with Crippen molar-refractivity contribution in [3.8, 4) is 11.5 Å². The molecule has 1 aliphatic heterocycles. The monoisotopic (exact) mass is 299 g/mol. The average molecular weight is 299 g/mol. The first-order valence-corrected chi connectivity index (χ1v) is 7.03. The van der Waals surface area contributed by atoms with E-state index in [1.807, 2.05) is 37.3 Å². The van der Waals surface area contributed by atoms with Crippen LogP contribution in [0.25, 0.3) is 6.08 Å². The van der Waals surface area contributed by atoms with Gasteiger partial charge in [0.15, 0.2) is 11.5 Å². The molecule has 22 heavy (non-hydrogen) atoms. The second kappa shape index (κ2) is 5.97. The first kappa shape index (κ1) is 14.3. The Labute approximate surface area is 128 Å². The van der Waals surface area contributed by atoms with Crippen LogP contribution in [0.4, 0.5) is 0 Å². The Balaban J connectivity index is 1.68.